The van der Waals surface area contributed by atoms with Crippen molar-refractivity contribution in [1.82, 2.24) is 15.5 Å². The van der Waals surface area contributed by atoms with Gasteiger partial charge in [-0.2, -0.15) is 0 Å². The van der Waals surface area contributed by atoms with Gasteiger partial charge in [-0.15, -0.1) is 0 Å². The first-order valence-electron chi connectivity index (χ1n) is 10.3. The summed E-state index contributed by atoms with van der Waals surface area (Å²) in [6, 6.07) is 4.46. The van der Waals surface area contributed by atoms with Crippen LogP contribution in [0.3, 0.4) is 0 Å². The summed E-state index contributed by atoms with van der Waals surface area (Å²) in [5.41, 5.74) is 1.15. The minimum Gasteiger partial charge on any atom is -0.493 e. The molecule has 8 heteroatoms. The molecule has 162 valence electrons. The number of methoxy groups -OCH3 is 3. The average molecular weight is 424 g/mol. The van der Waals surface area contributed by atoms with Gasteiger partial charge >= 0.3 is 0 Å². The molecule has 3 rings (SSSR count). The molecule has 1 atom stereocenters. The van der Waals surface area contributed by atoms with Gasteiger partial charge in [-0.1, -0.05) is 0 Å². The summed E-state index contributed by atoms with van der Waals surface area (Å²) in [5, 5.41) is 7.50. The monoisotopic (exact) mass is 423 g/mol. The van der Waals surface area contributed by atoms with E-state index >= 15 is 0 Å². The topological polar surface area (TPSA) is 64.2 Å². The molecule has 2 saturated heterocycles. The number of hydrogen-bond acceptors (Lipinski definition) is 6. The second-order valence-corrected chi connectivity index (χ2v) is 7.98. The van der Waals surface area contributed by atoms with E-state index in [9.17, 15) is 0 Å². The third-order valence-electron chi connectivity index (χ3n) is 5.57. The van der Waals surface area contributed by atoms with E-state index in [1.807, 2.05) is 12.1 Å². The van der Waals surface area contributed by atoms with E-state index in [0.29, 0.717) is 29.4 Å². The highest BCUT2D eigenvalue weighted by Crippen LogP contribution is 2.38. The van der Waals surface area contributed by atoms with E-state index < -0.39 is 0 Å². The van der Waals surface area contributed by atoms with Crippen molar-refractivity contribution in [3.05, 3.63) is 17.7 Å². The van der Waals surface area contributed by atoms with Gasteiger partial charge in [-0.25, -0.2) is 0 Å². The van der Waals surface area contributed by atoms with Gasteiger partial charge in [0.25, 0.3) is 0 Å². The number of nitrogens with one attached hydrogen (secondary N) is 2. The normalized spacial score (nSPS) is 20.3. The zero-order chi connectivity index (χ0) is 20.6. The molecule has 1 aromatic rings. The van der Waals surface area contributed by atoms with E-state index in [1.54, 1.807) is 21.3 Å². The summed E-state index contributed by atoms with van der Waals surface area (Å²) < 4.78 is 22.0. The molecule has 1 unspecified atom stereocenters. The van der Waals surface area contributed by atoms with Gasteiger partial charge in [0.15, 0.2) is 16.6 Å². The number of piperidine rings is 1. The maximum atomic E-state index is 5.63. The van der Waals surface area contributed by atoms with Gasteiger partial charge in [0, 0.05) is 38.8 Å². The molecule has 0 saturated carbocycles. The smallest absolute Gasteiger partial charge is 0.203 e. The third kappa shape index (κ3) is 6.10. The van der Waals surface area contributed by atoms with Crippen molar-refractivity contribution in [3.63, 3.8) is 0 Å². The van der Waals surface area contributed by atoms with Gasteiger partial charge in [-0.3, -0.25) is 4.90 Å². The Hall–Kier alpha value is -1.77. The van der Waals surface area contributed by atoms with Crippen LogP contribution in [0.4, 0.5) is 0 Å². The van der Waals surface area contributed by atoms with E-state index in [2.05, 4.69) is 15.5 Å². The van der Waals surface area contributed by atoms with Crippen LogP contribution in [0.2, 0.25) is 0 Å². The van der Waals surface area contributed by atoms with E-state index in [1.165, 1.54) is 0 Å². The Morgan fingerprint density at radius 3 is 2.34 bits per heavy atom. The Balaban J connectivity index is 1.45. The summed E-state index contributed by atoms with van der Waals surface area (Å²) in [7, 11) is 4.92. The molecule has 0 radical (unpaired) electrons. The minimum absolute atomic E-state index is 0.301. The zero-order valence-corrected chi connectivity index (χ0v) is 18.5. The average Bonchev–Trinajstić information content (AvgIpc) is 3.26. The third-order valence-corrected chi connectivity index (χ3v) is 5.83. The van der Waals surface area contributed by atoms with Crippen LogP contribution in [-0.4, -0.2) is 69.7 Å². The number of likely N-dealkylation sites (tertiary alicyclic amines) is 1. The first-order valence-corrected chi connectivity index (χ1v) is 10.7. The number of thiocarbonyl (C=S) groups is 1. The van der Waals surface area contributed by atoms with Gasteiger partial charge < -0.3 is 29.6 Å². The van der Waals surface area contributed by atoms with E-state index in [0.717, 1.165) is 69.1 Å². The van der Waals surface area contributed by atoms with Gasteiger partial charge in [-0.05, 0) is 55.6 Å². The molecule has 0 bridgehead atoms. The van der Waals surface area contributed by atoms with Crippen LogP contribution < -0.4 is 24.8 Å². The lowest BCUT2D eigenvalue weighted by Crippen LogP contribution is -2.48. The molecule has 2 aliphatic rings. The van der Waals surface area contributed by atoms with Crippen molar-refractivity contribution >= 4 is 17.3 Å². The fourth-order valence-electron chi connectivity index (χ4n) is 3.97. The Kier molecular flexibility index (Phi) is 8.20. The van der Waals surface area contributed by atoms with Gasteiger partial charge in [0.2, 0.25) is 5.75 Å². The van der Waals surface area contributed by atoms with Crippen LogP contribution in [0, 0.1) is 0 Å². The lowest BCUT2D eigenvalue weighted by molar-refractivity contribution is 0.114. The summed E-state index contributed by atoms with van der Waals surface area (Å²) in [4.78, 5) is 2.45. The fraction of sp³-hybridized carbons (Fsp3) is 0.667. The van der Waals surface area contributed by atoms with Crippen LogP contribution in [0.1, 0.15) is 31.2 Å². The second kappa shape index (κ2) is 10.8. The number of benzene rings is 1. The van der Waals surface area contributed by atoms with Crippen molar-refractivity contribution in [1.29, 1.82) is 0 Å². The SMILES string of the molecule is COc1cc(CN2CCC(NC(=S)NCC3CCCO3)CC2)cc(OC)c1OC. The Labute approximate surface area is 179 Å². The van der Waals surface area contributed by atoms with Gasteiger partial charge in [0.05, 0.1) is 27.4 Å². The second-order valence-electron chi connectivity index (χ2n) is 7.57. The summed E-state index contributed by atoms with van der Waals surface area (Å²) in [6.07, 6.45) is 4.69. The van der Waals surface area contributed by atoms with Crippen LogP contribution in [0.25, 0.3) is 0 Å². The van der Waals surface area contributed by atoms with E-state index in [-0.39, 0.29) is 0 Å². The molecule has 1 aromatic carbocycles. The standard InChI is InChI=1S/C21H33N3O4S/c1-25-18-11-15(12-19(26-2)20(18)27-3)14-24-8-6-16(7-9-24)23-21(29)22-13-17-5-4-10-28-17/h11-12,16-17H,4-10,13-14H2,1-3H3,(H2,22,23,29). The first kappa shape index (κ1) is 21.9. The molecular formula is C21H33N3O4S. The Morgan fingerprint density at radius 2 is 1.79 bits per heavy atom. The molecule has 0 aliphatic carbocycles. The molecule has 29 heavy (non-hydrogen) atoms. The molecule has 0 spiro atoms. The summed E-state index contributed by atoms with van der Waals surface area (Å²) in [6.45, 7) is 4.55. The predicted octanol–water partition coefficient (Wildman–Crippen LogP) is 2.32. The molecule has 2 aliphatic heterocycles. The Bertz CT molecular complexity index is 649. The lowest BCUT2D eigenvalue weighted by Gasteiger charge is -2.33. The van der Waals surface area contributed by atoms with Crippen LogP contribution >= 0.6 is 12.2 Å². The maximum absolute atomic E-state index is 5.63. The van der Waals surface area contributed by atoms with Crippen molar-refractivity contribution < 1.29 is 18.9 Å². The maximum Gasteiger partial charge on any atom is 0.203 e. The highest BCUT2D eigenvalue weighted by Gasteiger charge is 2.22. The van der Waals surface area contributed by atoms with Crippen LogP contribution in [0.15, 0.2) is 12.1 Å². The first-order chi connectivity index (χ1) is 14.1. The summed E-state index contributed by atoms with van der Waals surface area (Å²) in [5.74, 6) is 2.02. The minimum atomic E-state index is 0.301. The van der Waals surface area contributed by atoms with Gasteiger partial charge in [0.1, 0.15) is 0 Å². The van der Waals surface area contributed by atoms with E-state index in [4.69, 9.17) is 31.2 Å². The molecule has 2 N–H and O–H groups in total. The van der Waals surface area contributed by atoms with Crippen LogP contribution in [0.5, 0.6) is 17.2 Å². The number of ether oxygens (including phenoxy) is 4. The van der Waals surface area contributed by atoms with Crippen molar-refractivity contribution in [2.75, 3.05) is 47.6 Å². The quantitative estimate of drug-likeness (QED) is 0.618. The fourth-order valence-corrected chi connectivity index (χ4v) is 4.22. The molecule has 2 fully saturated rings. The number of nitrogens with zero attached hydrogens (tertiary/aromatic N) is 1. The highest BCUT2D eigenvalue weighted by atomic mass is 32.1. The molecular weight excluding hydrogens is 390 g/mol. The largest absolute Gasteiger partial charge is 0.493 e. The molecule has 2 heterocycles. The zero-order valence-electron chi connectivity index (χ0n) is 17.7. The number of rotatable bonds is 8. The molecule has 7 nitrogen and oxygen atoms in total. The molecule has 0 aromatic heterocycles. The predicted molar refractivity (Wildman–Crippen MR) is 117 cm³/mol. The van der Waals surface area contributed by atoms with Crippen LogP contribution in [-0.2, 0) is 11.3 Å². The van der Waals surface area contributed by atoms with Crippen molar-refractivity contribution in [2.45, 2.75) is 44.4 Å². The highest BCUT2D eigenvalue weighted by molar-refractivity contribution is 7.80. The lowest BCUT2D eigenvalue weighted by atomic mass is 10.0. The molecule has 0 amide bonds. The van der Waals surface area contributed by atoms with Crippen molar-refractivity contribution in [2.24, 2.45) is 0 Å². The summed E-state index contributed by atoms with van der Waals surface area (Å²) >= 11 is 5.45. The Morgan fingerprint density at radius 1 is 1.10 bits per heavy atom. The van der Waals surface area contributed by atoms with Crippen molar-refractivity contribution in [3.8, 4) is 17.2 Å². The number of hydrogen-bond donors (Lipinski definition) is 2.